The van der Waals surface area contributed by atoms with Gasteiger partial charge in [0.1, 0.15) is 0 Å². The molecule has 0 spiro atoms. The summed E-state index contributed by atoms with van der Waals surface area (Å²) in [7, 11) is 1.54. The standard InChI is InChI=1S/C7H14ClNO2/c1-9-7(10)11-6-4-2-3-5-8/h2-6H2,1H3,(H,9,10). The van der Waals surface area contributed by atoms with Crippen molar-refractivity contribution < 1.29 is 9.53 Å². The van der Waals surface area contributed by atoms with Gasteiger partial charge in [0.05, 0.1) is 6.61 Å². The molecule has 0 fully saturated rings. The first kappa shape index (κ1) is 10.6. The molecule has 0 bridgehead atoms. The van der Waals surface area contributed by atoms with E-state index in [0.29, 0.717) is 12.5 Å². The maximum atomic E-state index is 10.5. The summed E-state index contributed by atoms with van der Waals surface area (Å²) in [6.07, 6.45) is 2.52. The van der Waals surface area contributed by atoms with E-state index in [0.717, 1.165) is 19.3 Å². The summed E-state index contributed by atoms with van der Waals surface area (Å²) in [5.41, 5.74) is 0. The molecule has 1 N–H and O–H groups in total. The number of rotatable bonds is 5. The number of hydrogen-bond acceptors (Lipinski definition) is 2. The third kappa shape index (κ3) is 7.46. The number of alkyl halides is 1. The van der Waals surface area contributed by atoms with Gasteiger partial charge < -0.3 is 10.1 Å². The molecule has 4 heteroatoms. The van der Waals surface area contributed by atoms with Crippen LogP contribution < -0.4 is 5.32 Å². The van der Waals surface area contributed by atoms with Gasteiger partial charge in [-0.3, -0.25) is 0 Å². The second kappa shape index (κ2) is 7.66. The highest BCUT2D eigenvalue weighted by Gasteiger charge is 1.95. The first-order valence-electron chi connectivity index (χ1n) is 3.71. The number of halogens is 1. The quantitative estimate of drug-likeness (QED) is 0.516. The zero-order chi connectivity index (χ0) is 8.53. The predicted molar refractivity (Wildman–Crippen MR) is 45.0 cm³/mol. The van der Waals surface area contributed by atoms with Gasteiger partial charge in [-0.1, -0.05) is 0 Å². The lowest BCUT2D eigenvalue weighted by Gasteiger charge is -2.01. The Morgan fingerprint density at radius 3 is 2.73 bits per heavy atom. The maximum absolute atomic E-state index is 10.5. The predicted octanol–water partition coefficient (Wildman–Crippen LogP) is 1.75. The Bertz CT molecular complexity index is 109. The highest BCUT2D eigenvalue weighted by Crippen LogP contribution is 1.97. The third-order valence-electron chi connectivity index (χ3n) is 1.22. The van der Waals surface area contributed by atoms with Crippen molar-refractivity contribution in [1.82, 2.24) is 5.32 Å². The summed E-state index contributed by atoms with van der Waals surface area (Å²) in [4.78, 5) is 10.5. The molecule has 66 valence electrons. The van der Waals surface area contributed by atoms with Crippen molar-refractivity contribution in [2.45, 2.75) is 19.3 Å². The molecule has 0 saturated carbocycles. The van der Waals surface area contributed by atoms with Crippen molar-refractivity contribution in [3.8, 4) is 0 Å². The Labute approximate surface area is 72.1 Å². The van der Waals surface area contributed by atoms with E-state index in [1.807, 2.05) is 0 Å². The van der Waals surface area contributed by atoms with Gasteiger partial charge in [0.15, 0.2) is 0 Å². The topological polar surface area (TPSA) is 38.3 Å². The maximum Gasteiger partial charge on any atom is 0.406 e. The minimum absolute atomic E-state index is 0.365. The summed E-state index contributed by atoms with van der Waals surface area (Å²) in [5.74, 6) is 0.681. The Kier molecular flexibility index (Phi) is 7.36. The van der Waals surface area contributed by atoms with E-state index in [9.17, 15) is 4.79 Å². The van der Waals surface area contributed by atoms with E-state index in [4.69, 9.17) is 16.3 Å². The highest BCUT2D eigenvalue weighted by atomic mass is 35.5. The summed E-state index contributed by atoms with van der Waals surface area (Å²) >= 11 is 5.45. The lowest BCUT2D eigenvalue weighted by Crippen LogP contribution is -2.19. The third-order valence-corrected chi connectivity index (χ3v) is 1.48. The second-order valence-corrected chi connectivity index (χ2v) is 2.51. The summed E-state index contributed by atoms with van der Waals surface area (Å²) < 4.78 is 4.74. The van der Waals surface area contributed by atoms with Gasteiger partial charge in [0.25, 0.3) is 0 Å². The monoisotopic (exact) mass is 179 g/mol. The van der Waals surface area contributed by atoms with Gasteiger partial charge in [-0.05, 0) is 19.3 Å². The molecule has 0 aliphatic carbocycles. The SMILES string of the molecule is CNC(=O)OCCCCCCl. The minimum atomic E-state index is -0.365. The van der Waals surface area contributed by atoms with Crippen LogP contribution in [0.15, 0.2) is 0 Å². The molecule has 11 heavy (non-hydrogen) atoms. The van der Waals surface area contributed by atoms with Crippen LogP contribution in [0.3, 0.4) is 0 Å². The number of hydrogen-bond donors (Lipinski definition) is 1. The van der Waals surface area contributed by atoms with Crippen molar-refractivity contribution in [3.63, 3.8) is 0 Å². The normalized spacial score (nSPS) is 9.27. The van der Waals surface area contributed by atoms with E-state index < -0.39 is 0 Å². The van der Waals surface area contributed by atoms with Crippen molar-refractivity contribution in [2.24, 2.45) is 0 Å². The molecule has 0 radical (unpaired) electrons. The van der Waals surface area contributed by atoms with Gasteiger partial charge in [0.2, 0.25) is 0 Å². The van der Waals surface area contributed by atoms with Gasteiger partial charge >= 0.3 is 6.09 Å². The first-order chi connectivity index (χ1) is 5.31. The molecule has 0 atom stereocenters. The number of unbranched alkanes of at least 4 members (excludes halogenated alkanes) is 2. The highest BCUT2D eigenvalue weighted by molar-refractivity contribution is 6.17. The van der Waals surface area contributed by atoms with Crippen molar-refractivity contribution in [2.75, 3.05) is 19.5 Å². The number of carbonyl (C=O) groups excluding carboxylic acids is 1. The van der Waals surface area contributed by atoms with Crippen LogP contribution in [-0.2, 0) is 4.74 Å². The van der Waals surface area contributed by atoms with Crippen LogP contribution in [-0.4, -0.2) is 25.6 Å². The fourth-order valence-corrected chi connectivity index (χ4v) is 0.799. The molecule has 0 aliphatic heterocycles. The van der Waals surface area contributed by atoms with Crippen LogP contribution in [0.2, 0.25) is 0 Å². The average Bonchev–Trinajstić information content (AvgIpc) is 2.04. The molecule has 0 aromatic carbocycles. The Balaban J connectivity index is 2.95. The zero-order valence-corrected chi connectivity index (χ0v) is 7.49. The second-order valence-electron chi connectivity index (χ2n) is 2.14. The van der Waals surface area contributed by atoms with Gasteiger partial charge in [-0.25, -0.2) is 4.79 Å². The average molecular weight is 180 g/mol. The smallest absolute Gasteiger partial charge is 0.406 e. The fourth-order valence-electron chi connectivity index (χ4n) is 0.610. The van der Waals surface area contributed by atoms with Crippen molar-refractivity contribution >= 4 is 17.7 Å². The number of carbonyl (C=O) groups is 1. The number of nitrogens with one attached hydrogen (secondary N) is 1. The van der Waals surface area contributed by atoms with Gasteiger partial charge in [-0.2, -0.15) is 0 Å². The minimum Gasteiger partial charge on any atom is -0.450 e. The molecule has 1 amide bonds. The lowest BCUT2D eigenvalue weighted by atomic mass is 10.3. The summed E-state index contributed by atoms with van der Waals surface area (Å²) in [5, 5.41) is 2.37. The largest absolute Gasteiger partial charge is 0.450 e. The summed E-state index contributed by atoms with van der Waals surface area (Å²) in [6, 6.07) is 0. The first-order valence-corrected chi connectivity index (χ1v) is 4.25. The Morgan fingerprint density at radius 2 is 2.18 bits per heavy atom. The number of ether oxygens (including phenoxy) is 1. The van der Waals surface area contributed by atoms with Crippen LogP contribution in [0.5, 0.6) is 0 Å². The van der Waals surface area contributed by atoms with E-state index >= 15 is 0 Å². The molecule has 0 unspecified atom stereocenters. The Hall–Kier alpha value is -0.440. The molecule has 0 heterocycles. The van der Waals surface area contributed by atoms with Crippen LogP contribution in [0.1, 0.15) is 19.3 Å². The molecule has 0 saturated heterocycles. The molecular formula is C7H14ClNO2. The van der Waals surface area contributed by atoms with E-state index in [-0.39, 0.29) is 6.09 Å². The molecule has 3 nitrogen and oxygen atoms in total. The zero-order valence-electron chi connectivity index (χ0n) is 6.73. The number of amides is 1. The summed E-state index contributed by atoms with van der Waals surface area (Å²) in [6.45, 7) is 0.483. The van der Waals surface area contributed by atoms with Crippen LogP contribution in [0, 0.1) is 0 Å². The van der Waals surface area contributed by atoms with Gasteiger partial charge in [0, 0.05) is 12.9 Å². The van der Waals surface area contributed by atoms with Crippen LogP contribution in [0.25, 0.3) is 0 Å². The fraction of sp³-hybridized carbons (Fsp3) is 0.857. The molecular weight excluding hydrogens is 166 g/mol. The van der Waals surface area contributed by atoms with E-state index in [1.165, 1.54) is 0 Å². The van der Waals surface area contributed by atoms with Crippen LogP contribution in [0.4, 0.5) is 4.79 Å². The Morgan fingerprint density at radius 1 is 1.45 bits per heavy atom. The van der Waals surface area contributed by atoms with E-state index in [1.54, 1.807) is 7.05 Å². The molecule has 0 aliphatic rings. The van der Waals surface area contributed by atoms with E-state index in [2.05, 4.69) is 5.32 Å². The number of alkyl carbamates (subject to hydrolysis) is 1. The van der Waals surface area contributed by atoms with Gasteiger partial charge in [-0.15, -0.1) is 11.6 Å². The molecule has 0 aromatic rings. The van der Waals surface area contributed by atoms with Crippen LogP contribution >= 0.6 is 11.6 Å². The lowest BCUT2D eigenvalue weighted by molar-refractivity contribution is 0.146. The molecule has 0 rings (SSSR count). The molecule has 0 aromatic heterocycles. The van der Waals surface area contributed by atoms with Crippen molar-refractivity contribution in [1.29, 1.82) is 0 Å². The van der Waals surface area contributed by atoms with Crippen molar-refractivity contribution in [3.05, 3.63) is 0 Å².